The Balaban J connectivity index is 2.79. The van der Waals surface area contributed by atoms with Crippen molar-refractivity contribution in [3.63, 3.8) is 0 Å². The van der Waals surface area contributed by atoms with E-state index in [2.05, 4.69) is 0 Å². The van der Waals surface area contributed by atoms with E-state index in [9.17, 15) is 9.59 Å². The molecular weight excluding hydrogens is 208 g/mol. The van der Waals surface area contributed by atoms with Crippen molar-refractivity contribution in [1.82, 2.24) is 10.9 Å². The molecule has 0 saturated heterocycles. The Labute approximate surface area is 92.9 Å². The lowest BCUT2D eigenvalue weighted by atomic mass is 9.98. The van der Waals surface area contributed by atoms with Gasteiger partial charge in [0.15, 0.2) is 0 Å². The molecule has 16 heavy (non-hydrogen) atoms. The Bertz CT molecular complexity index is 350. The first kappa shape index (κ1) is 12.2. The molecule has 2 amide bonds. The van der Waals surface area contributed by atoms with E-state index in [0.29, 0.717) is 0 Å². The third-order valence-electron chi connectivity index (χ3n) is 2.20. The standard InChI is InChI=1S/C10H14N4O2/c11-13-9(15)8(10(16)14-12)6-7-4-2-1-3-5-7/h1-5,8H,6,11-12H2,(H,13,15)(H,14,16). The van der Waals surface area contributed by atoms with E-state index in [1.807, 2.05) is 41.2 Å². The van der Waals surface area contributed by atoms with Crippen LogP contribution in [0.3, 0.4) is 0 Å². The molecule has 0 fully saturated rings. The van der Waals surface area contributed by atoms with E-state index in [1.54, 1.807) is 0 Å². The lowest BCUT2D eigenvalue weighted by molar-refractivity contribution is -0.135. The summed E-state index contributed by atoms with van der Waals surface area (Å²) in [6.45, 7) is 0. The number of hydrazine groups is 2. The van der Waals surface area contributed by atoms with Crippen LogP contribution in [0.4, 0.5) is 0 Å². The average Bonchev–Trinajstić information content (AvgIpc) is 2.35. The number of hydrogen-bond donors (Lipinski definition) is 4. The molecule has 0 radical (unpaired) electrons. The molecule has 0 heterocycles. The molecule has 0 bridgehead atoms. The van der Waals surface area contributed by atoms with Crippen molar-refractivity contribution in [2.75, 3.05) is 0 Å². The Morgan fingerprint density at radius 1 is 1.06 bits per heavy atom. The van der Waals surface area contributed by atoms with E-state index in [-0.39, 0.29) is 6.42 Å². The number of nitrogens with one attached hydrogen (secondary N) is 2. The zero-order valence-corrected chi connectivity index (χ0v) is 8.64. The number of nitrogens with two attached hydrogens (primary N) is 2. The van der Waals surface area contributed by atoms with Gasteiger partial charge >= 0.3 is 0 Å². The molecule has 0 unspecified atom stereocenters. The fourth-order valence-corrected chi connectivity index (χ4v) is 1.36. The second-order valence-corrected chi connectivity index (χ2v) is 3.26. The van der Waals surface area contributed by atoms with E-state index in [0.717, 1.165) is 5.56 Å². The summed E-state index contributed by atoms with van der Waals surface area (Å²) in [6.07, 6.45) is 0.257. The van der Waals surface area contributed by atoms with Gasteiger partial charge in [-0.1, -0.05) is 30.3 Å². The molecule has 0 aromatic heterocycles. The Morgan fingerprint density at radius 2 is 1.56 bits per heavy atom. The fraction of sp³-hybridized carbons (Fsp3) is 0.200. The zero-order valence-electron chi connectivity index (χ0n) is 8.64. The van der Waals surface area contributed by atoms with Gasteiger partial charge in [0, 0.05) is 0 Å². The van der Waals surface area contributed by atoms with Crippen molar-refractivity contribution in [3.05, 3.63) is 35.9 Å². The molecule has 1 rings (SSSR count). The maximum Gasteiger partial charge on any atom is 0.246 e. The van der Waals surface area contributed by atoms with Crippen LogP contribution in [0.5, 0.6) is 0 Å². The van der Waals surface area contributed by atoms with Crippen molar-refractivity contribution in [3.8, 4) is 0 Å². The highest BCUT2D eigenvalue weighted by atomic mass is 16.2. The van der Waals surface area contributed by atoms with Gasteiger partial charge in [0.1, 0.15) is 5.92 Å². The van der Waals surface area contributed by atoms with E-state index in [4.69, 9.17) is 11.7 Å². The number of carbonyl (C=O) groups is 2. The van der Waals surface area contributed by atoms with Crippen LogP contribution in [-0.2, 0) is 16.0 Å². The van der Waals surface area contributed by atoms with Crippen molar-refractivity contribution >= 4 is 11.8 Å². The Kier molecular flexibility index (Phi) is 4.43. The summed E-state index contributed by atoms with van der Waals surface area (Å²) in [4.78, 5) is 22.7. The first-order valence-corrected chi connectivity index (χ1v) is 4.74. The molecule has 0 atom stereocenters. The summed E-state index contributed by atoms with van der Waals surface area (Å²) < 4.78 is 0. The van der Waals surface area contributed by atoms with Crippen molar-refractivity contribution in [1.29, 1.82) is 0 Å². The van der Waals surface area contributed by atoms with Gasteiger partial charge < -0.3 is 0 Å². The SMILES string of the molecule is NNC(=O)C(Cc1ccccc1)C(=O)NN. The molecule has 0 aliphatic rings. The van der Waals surface area contributed by atoms with Crippen LogP contribution in [0.25, 0.3) is 0 Å². The third kappa shape index (κ3) is 3.04. The van der Waals surface area contributed by atoms with Crippen molar-refractivity contribution in [2.24, 2.45) is 17.6 Å². The lowest BCUT2D eigenvalue weighted by Crippen LogP contribution is -2.46. The minimum atomic E-state index is -0.919. The van der Waals surface area contributed by atoms with E-state index >= 15 is 0 Å². The molecule has 6 nitrogen and oxygen atoms in total. The molecular formula is C10H14N4O2. The number of benzene rings is 1. The van der Waals surface area contributed by atoms with Gasteiger partial charge in [0.05, 0.1) is 0 Å². The predicted octanol–water partition coefficient (Wildman–Crippen LogP) is -1.17. The van der Waals surface area contributed by atoms with Gasteiger partial charge in [-0.3, -0.25) is 20.4 Å². The van der Waals surface area contributed by atoms with Crippen LogP contribution >= 0.6 is 0 Å². The third-order valence-corrected chi connectivity index (χ3v) is 2.20. The predicted molar refractivity (Wildman–Crippen MR) is 58.3 cm³/mol. The summed E-state index contributed by atoms with van der Waals surface area (Å²) in [6, 6.07) is 9.14. The second kappa shape index (κ2) is 5.84. The maximum absolute atomic E-state index is 11.4. The molecule has 0 aliphatic carbocycles. The largest absolute Gasteiger partial charge is 0.294 e. The number of carbonyl (C=O) groups excluding carboxylic acids is 2. The highest BCUT2D eigenvalue weighted by Crippen LogP contribution is 2.08. The van der Waals surface area contributed by atoms with Crippen molar-refractivity contribution in [2.45, 2.75) is 6.42 Å². The van der Waals surface area contributed by atoms with E-state index in [1.165, 1.54) is 0 Å². The number of rotatable bonds is 4. The van der Waals surface area contributed by atoms with Crippen LogP contribution in [-0.4, -0.2) is 11.8 Å². The minimum Gasteiger partial charge on any atom is -0.294 e. The van der Waals surface area contributed by atoms with Crippen LogP contribution in [0, 0.1) is 5.92 Å². The minimum absolute atomic E-state index is 0.257. The van der Waals surface area contributed by atoms with Gasteiger partial charge in [-0.05, 0) is 12.0 Å². The zero-order chi connectivity index (χ0) is 12.0. The fourth-order valence-electron chi connectivity index (χ4n) is 1.36. The lowest BCUT2D eigenvalue weighted by Gasteiger charge is -2.13. The molecule has 0 saturated carbocycles. The topological polar surface area (TPSA) is 110 Å². The molecule has 6 heteroatoms. The summed E-state index contributed by atoms with van der Waals surface area (Å²) >= 11 is 0. The summed E-state index contributed by atoms with van der Waals surface area (Å²) in [5.74, 6) is 7.95. The quantitative estimate of drug-likeness (QED) is 0.222. The number of hydrogen-bond acceptors (Lipinski definition) is 4. The van der Waals surface area contributed by atoms with Gasteiger partial charge in [-0.2, -0.15) is 0 Å². The summed E-state index contributed by atoms with van der Waals surface area (Å²) in [7, 11) is 0. The monoisotopic (exact) mass is 222 g/mol. The van der Waals surface area contributed by atoms with Crippen LogP contribution in [0.2, 0.25) is 0 Å². The molecule has 1 aromatic rings. The normalized spacial score (nSPS) is 9.94. The molecule has 1 aromatic carbocycles. The van der Waals surface area contributed by atoms with E-state index < -0.39 is 17.7 Å². The smallest absolute Gasteiger partial charge is 0.246 e. The van der Waals surface area contributed by atoms with Crippen LogP contribution < -0.4 is 22.5 Å². The van der Waals surface area contributed by atoms with Crippen LogP contribution in [0.15, 0.2) is 30.3 Å². The van der Waals surface area contributed by atoms with Gasteiger partial charge in [-0.25, -0.2) is 11.7 Å². The average molecular weight is 222 g/mol. The highest BCUT2D eigenvalue weighted by molar-refractivity contribution is 6.00. The van der Waals surface area contributed by atoms with Crippen molar-refractivity contribution < 1.29 is 9.59 Å². The van der Waals surface area contributed by atoms with Crippen LogP contribution in [0.1, 0.15) is 5.56 Å². The van der Waals surface area contributed by atoms with Gasteiger partial charge in [0.25, 0.3) is 0 Å². The molecule has 86 valence electrons. The second-order valence-electron chi connectivity index (χ2n) is 3.26. The first-order valence-electron chi connectivity index (χ1n) is 4.74. The maximum atomic E-state index is 11.4. The first-order chi connectivity index (χ1) is 7.69. The molecule has 0 spiro atoms. The van der Waals surface area contributed by atoms with Gasteiger partial charge in [-0.15, -0.1) is 0 Å². The highest BCUT2D eigenvalue weighted by Gasteiger charge is 2.25. The summed E-state index contributed by atoms with van der Waals surface area (Å²) in [5.41, 5.74) is 4.75. The molecule has 0 aliphatic heterocycles. The Morgan fingerprint density at radius 3 is 2.00 bits per heavy atom. The number of amides is 2. The molecule has 6 N–H and O–H groups in total. The van der Waals surface area contributed by atoms with Gasteiger partial charge in [0.2, 0.25) is 11.8 Å². The summed E-state index contributed by atoms with van der Waals surface area (Å²) in [5, 5.41) is 0. The Hall–Kier alpha value is -1.92.